The van der Waals surface area contributed by atoms with Crippen molar-refractivity contribution in [3.63, 3.8) is 0 Å². The third-order valence-corrected chi connectivity index (χ3v) is 5.07. The van der Waals surface area contributed by atoms with Crippen molar-refractivity contribution in [3.05, 3.63) is 42.2 Å². The fourth-order valence-electron chi connectivity index (χ4n) is 3.76. The number of rotatable bonds is 5. The predicted molar refractivity (Wildman–Crippen MR) is 101 cm³/mol. The topological polar surface area (TPSA) is 68.7 Å². The second kappa shape index (κ2) is 6.70. The fraction of sp³-hybridized carbons (Fsp3) is 0.421. The lowest BCUT2D eigenvalue weighted by Crippen LogP contribution is -2.64. The molecule has 0 bridgehead atoms. The molecule has 3 amide bonds. The number of para-hydroxylation sites is 1. The summed E-state index contributed by atoms with van der Waals surface area (Å²) < 4.78 is 5.33. The van der Waals surface area contributed by atoms with E-state index in [9.17, 15) is 9.59 Å². The van der Waals surface area contributed by atoms with Crippen molar-refractivity contribution in [3.8, 4) is 0 Å². The van der Waals surface area contributed by atoms with Gasteiger partial charge in [-0.2, -0.15) is 0 Å². The van der Waals surface area contributed by atoms with Gasteiger partial charge in [-0.1, -0.05) is 18.2 Å². The number of carbonyl (C=O) groups excluding carboxylic acids is 2. The molecule has 8 nitrogen and oxygen atoms in total. The van der Waals surface area contributed by atoms with Crippen molar-refractivity contribution in [2.24, 2.45) is 4.99 Å². The van der Waals surface area contributed by atoms with Crippen LogP contribution in [-0.2, 0) is 9.53 Å². The zero-order chi connectivity index (χ0) is 19.1. The highest BCUT2D eigenvalue weighted by atomic mass is 16.5. The van der Waals surface area contributed by atoms with Gasteiger partial charge >= 0.3 is 6.03 Å². The molecule has 3 heterocycles. The van der Waals surface area contributed by atoms with Gasteiger partial charge in [-0.05, 0) is 26.0 Å². The molecule has 1 fully saturated rings. The monoisotopic (exact) mass is 369 g/mol. The van der Waals surface area contributed by atoms with Gasteiger partial charge in [-0.15, -0.1) is 0 Å². The van der Waals surface area contributed by atoms with Crippen LogP contribution in [0.4, 0.5) is 10.5 Å². The second-order valence-electron chi connectivity index (χ2n) is 6.72. The summed E-state index contributed by atoms with van der Waals surface area (Å²) in [7, 11) is 1.69. The Morgan fingerprint density at radius 1 is 1.19 bits per heavy atom. The first-order valence-electron chi connectivity index (χ1n) is 9.10. The number of guanidine groups is 1. The lowest BCUT2D eigenvalue weighted by atomic mass is 10.1. The van der Waals surface area contributed by atoms with Crippen LogP contribution in [0.2, 0.25) is 0 Å². The molecule has 142 valence electrons. The van der Waals surface area contributed by atoms with Crippen LogP contribution < -0.4 is 4.90 Å². The number of hydrogen-bond acceptors (Lipinski definition) is 6. The Kier molecular flexibility index (Phi) is 4.35. The first-order valence-corrected chi connectivity index (χ1v) is 9.10. The van der Waals surface area contributed by atoms with Gasteiger partial charge in [0.1, 0.15) is 0 Å². The summed E-state index contributed by atoms with van der Waals surface area (Å²) >= 11 is 0. The Morgan fingerprint density at radius 3 is 2.63 bits per heavy atom. The number of amides is 3. The van der Waals surface area contributed by atoms with E-state index < -0.39 is 12.2 Å². The minimum atomic E-state index is -0.548. The Morgan fingerprint density at radius 2 is 1.93 bits per heavy atom. The number of imide groups is 1. The van der Waals surface area contributed by atoms with Crippen LogP contribution in [0.1, 0.15) is 13.8 Å². The van der Waals surface area contributed by atoms with Crippen LogP contribution >= 0.6 is 0 Å². The highest BCUT2D eigenvalue weighted by Gasteiger charge is 2.54. The number of aliphatic imine (C=N–C) groups is 1. The largest absolute Gasteiger partial charge is 0.380 e. The van der Waals surface area contributed by atoms with E-state index in [0.717, 1.165) is 11.4 Å². The van der Waals surface area contributed by atoms with Gasteiger partial charge in [-0.3, -0.25) is 14.6 Å². The molecule has 2 atom stereocenters. The maximum absolute atomic E-state index is 13.1. The average molecular weight is 369 g/mol. The van der Waals surface area contributed by atoms with Gasteiger partial charge in [0.05, 0.1) is 13.2 Å². The number of anilines is 1. The fourth-order valence-corrected chi connectivity index (χ4v) is 3.76. The number of ether oxygens (including phenoxy) is 1. The van der Waals surface area contributed by atoms with Gasteiger partial charge in [-0.25, -0.2) is 9.79 Å². The number of allylic oxidation sites excluding steroid dienone is 1. The van der Waals surface area contributed by atoms with Gasteiger partial charge < -0.3 is 14.5 Å². The maximum Gasteiger partial charge on any atom is 0.328 e. The van der Waals surface area contributed by atoms with Gasteiger partial charge in [0.25, 0.3) is 5.91 Å². The van der Waals surface area contributed by atoms with E-state index in [1.807, 2.05) is 60.2 Å². The van der Waals surface area contributed by atoms with Crippen LogP contribution in [0.25, 0.3) is 0 Å². The first-order chi connectivity index (χ1) is 13.0. The molecule has 27 heavy (non-hydrogen) atoms. The molecule has 0 aliphatic carbocycles. The Balaban J connectivity index is 1.64. The standard InChI is InChI=1S/C19H23N5O3/c1-4-27-11-10-22-17(25)15-16(21(3)19(22)26)20-18-23(15)12-13(2)24(18)14-8-6-5-7-9-14/h5-9,12,15-16H,4,10-11H2,1-3H3. The number of likely N-dealkylation sites (N-methyl/N-ethyl adjacent to an activating group) is 1. The second-order valence-corrected chi connectivity index (χ2v) is 6.72. The van der Waals surface area contributed by atoms with Crippen molar-refractivity contribution in [1.29, 1.82) is 0 Å². The van der Waals surface area contributed by atoms with Crippen molar-refractivity contribution >= 4 is 23.6 Å². The molecule has 1 aromatic rings. The van der Waals surface area contributed by atoms with E-state index in [0.29, 0.717) is 19.2 Å². The number of urea groups is 1. The van der Waals surface area contributed by atoms with Crippen LogP contribution in [0.5, 0.6) is 0 Å². The van der Waals surface area contributed by atoms with Crippen molar-refractivity contribution < 1.29 is 14.3 Å². The molecular formula is C19H23N5O3. The molecule has 1 aromatic carbocycles. The SMILES string of the molecule is CCOCCN1C(=O)C2C(N=C3N(c4ccccc4)C(C)=CN32)N(C)C1=O. The van der Waals surface area contributed by atoms with Gasteiger partial charge in [0.15, 0.2) is 12.2 Å². The summed E-state index contributed by atoms with van der Waals surface area (Å²) in [5.74, 6) is 0.439. The summed E-state index contributed by atoms with van der Waals surface area (Å²) in [5.41, 5.74) is 1.95. The van der Waals surface area contributed by atoms with E-state index in [1.165, 1.54) is 9.80 Å². The highest BCUT2D eigenvalue weighted by molar-refractivity contribution is 6.09. The van der Waals surface area contributed by atoms with Crippen LogP contribution in [0.15, 0.2) is 47.2 Å². The van der Waals surface area contributed by atoms with Crippen molar-refractivity contribution in [1.82, 2.24) is 14.7 Å². The quantitative estimate of drug-likeness (QED) is 0.739. The van der Waals surface area contributed by atoms with Crippen molar-refractivity contribution in [2.75, 3.05) is 31.7 Å². The number of fused-ring (bicyclic) bond motifs is 3. The summed E-state index contributed by atoms with van der Waals surface area (Å²) in [6.07, 6.45) is 1.40. The van der Waals surface area contributed by atoms with E-state index in [-0.39, 0.29) is 18.5 Å². The number of carbonyl (C=O) groups is 2. The molecule has 4 rings (SSSR count). The summed E-state index contributed by atoms with van der Waals surface area (Å²) in [5, 5.41) is 0. The molecule has 0 radical (unpaired) electrons. The molecular weight excluding hydrogens is 346 g/mol. The van der Waals surface area contributed by atoms with Crippen LogP contribution in [-0.4, -0.2) is 71.6 Å². The molecule has 0 aromatic heterocycles. The molecule has 0 spiro atoms. The predicted octanol–water partition coefficient (Wildman–Crippen LogP) is 1.66. The van der Waals surface area contributed by atoms with E-state index in [1.54, 1.807) is 7.05 Å². The van der Waals surface area contributed by atoms with Crippen LogP contribution in [0.3, 0.4) is 0 Å². The van der Waals surface area contributed by atoms with Gasteiger partial charge in [0.2, 0.25) is 5.96 Å². The number of nitrogens with zero attached hydrogens (tertiary/aromatic N) is 5. The Labute approximate surface area is 158 Å². The smallest absolute Gasteiger partial charge is 0.328 e. The summed E-state index contributed by atoms with van der Waals surface area (Å²) in [6, 6.07) is 8.99. The third kappa shape index (κ3) is 2.68. The lowest BCUT2D eigenvalue weighted by Gasteiger charge is -2.40. The molecule has 8 heteroatoms. The zero-order valence-corrected chi connectivity index (χ0v) is 15.7. The molecule has 0 saturated carbocycles. The summed E-state index contributed by atoms with van der Waals surface area (Å²) in [4.78, 5) is 37.2. The minimum Gasteiger partial charge on any atom is -0.380 e. The molecule has 3 aliphatic heterocycles. The normalized spacial score (nSPS) is 24.3. The Bertz CT molecular complexity index is 822. The number of benzene rings is 1. The first kappa shape index (κ1) is 17.5. The lowest BCUT2D eigenvalue weighted by molar-refractivity contribution is -0.137. The van der Waals surface area contributed by atoms with E-state index >= 15 is 0 Å². The molecule has 3 aliphatic rings. The van der Waals surface area contributed by atoms with E-state index in [2.05, 4.69) is 0 Å². The molecule has 1 saturated heterocycles. The third-order valence-electron chi connectivity index (χ3n) is 5.07. The Hall–Kier alpha value is -2.87. The average Bonchev–Trinajstić information content (AvgIpc) is 3.18. The van der Waals surface area contributed by atoms with Crippen LogP contribution in [0, 0.1) is 0 Å². The van der Waals surface area contributed by atoms with Gasteiger partial charge in [0, 0.05) is 31.2 Å². The molecule has 2 unspecified atom stereocenters. The highest BCUT2D eigenvalue weighted by Crippen LogP contribution is 2.36. The molecule has 0 N–H and O–H groups in total. The van der Waals surface area contributed by atoms with Crippen molar-refractivity contribution in [2.45, 2.75) is 26.1 Å². The minimum absolute atomic E-state index is 0.236. The summed E-state index contributed by atoms with van der Waals surface area (Å²) in [6.45, 7) is 4.99. The number of hydrogen-bond donors (Lipinski definition) is 0. The zero-order valence-electron chi connectivity index (χ0n) is 15.7. The van der Waals surface area contributed by atoms with E-state index in [4.69, 9.17) is 9.73 Å². The maximum atomic E-state index is 13.1.